The first kappa shape index (κ1) is 14.7. The van der Waals surface area contributed by atoms with Gasteiger partial charge in [-0.15, -0.1) is 0 Å². The summed E-state index contributed by atoms with van der Waals surface area (Å²) in [5.74, 6) is 0.374. The van der Waals surface area contributed by atoms with Gasteiger partial charge in [-0.05, 0) is 34.6 Å². The predicted molar refractivity (Wildman–Crippen MR) is 69.2 cm³/mol. The number of Topliss-reactive ketones (excluding diaryl/α,β-unsaturated/α-hetero) is 1. The van der Waals surface area contributed by atoms with Crippen molar-refractivity contribution in [2.45, 2.75) is 46.3 Å². The van der Waals surface area contributed by atoms with Crippen LogP contribution < -0.4 is 4.74 Å². The third-order valence-electron chi connectivity index (χ3n) is 2.37. The van der Waals surface area contributed by atoms with Gasteiger partial charge in [0.25, 0.3) is 0 Å². The lowest BCUT2D eigenvalue weighted by molar-refractivity contribution is 0.00249. The van der Waals surface area contributed by atoms with Gasteiger partial charge in [-0.2, -0.15) is 5.10 Å². The van der Waals surface area contributed by atoms with Gasteiger partial charge < -0.3 is 9.47 Å². The Morgan fingerprint density at radius 3 is 2.50 bits per heavy atom. The number of carbonyl (C=O) groups is 1. The van der Waals surface area contributed by atoms with Gasteiger partial charge in [0, 0.05) is 6.04 Å². The van der Waals surface area contributed by atoms with Gasteiger partial charge >= 0.3 is 0 Å². The molecule has 0 aliphatic carbocycles. The van der Waals surface area contributed by atoms with Crippen LogP contribution in [0.3, 0.4) is 0 Å². The summed E-state index contributed by atoms with van der Waals surface area (Å²) in [6.45, 7) is 9.70. The summed E-state index contributed by atoms with van der Waals surface area (Å²) in [5, 5.41) is 4.17. The molecule has 0 saturated carbocycles. The molecule has 0 aliphatic heterocycles. The summed E-state index contributed by atoms with van der Waals surface area (Å²) in [7, 11) is 1.53. The topological polar surface area (TPSA) is 53.4 Å². The van der Waals surface area contributed by atoms with E-state index < -0.39 is 0 Å². The quantitative estimate of drug-likeness (QED) is 0.757. The van der Waals surface area contributed by atoms with E-state index in [1.807, 2.05) is 34.6 Å². The number of carbonyl (C=O) groups excluding carboxylic acids is 1. The Morgan fingerprint density at radius 2 is 2.06 bits per heavy atom. The van der Waals surface area contributed by atoms with Gasteiger partial charge in [-0.1, -0.05) is 0 Å². The monoisotopic (exact) mass is 254 g/mol. The maximum Gasteiger partial charge on any atom is 0.210 e. The maximum atomic E-state index is 12.2. The van der Waals surface area contributed by atoms with Crippen molar-refractivity contribution >= 4 is 5.78 Å². The fraction of sp³-hybridized carbons (Fsp3) is 0.692. The second-order valence-electron chi connectivity index (χ2n) is 5.42. The first-order chi connectivity index (χ1) is 8.26. The zero-order chi connectivity index (χ0) is 13.9. The largest absolute Gasteiger partial charge is 0.493 e. The molecule has 1 aromatic rings. The van der Waals surface area contributed by atoms with E-state index in [-0.39, 0.29) is 24.0 Å². The minimum absolute atomic E-state index is 0.0261. The van der Waals surface area contributed by atoms with E-state index in [9.17, 15) is 4.79 Å². The normalized spacial score (nSPS) is 11.9. The van der Waals surface area contributed by atoms with Gasteiger partial charge in [0.05, 0.1) is 18.9 Å². The highest BCUT2D eigenvalue weighted by atomic mass is 16.5. The van der Waals surface area contributed by atoms with Crippen molar-refractivity contribution in [3.63, 3.8) is 0 Å². The van der Waals surface area contributed by atoms with Crippen molar-refractivity contribution < 1.29 is 14.3 Å². The van der Waals surface area contributed by atoms with E-state index in [1.165, 1.54) is 7.11 Å². The highest BCUT2D eigenvalue weighted by Crippen LogP contribution is 2.22. The van der Waals surface area contributed by atoms with Crippen molar-refractivity contribution in [2.75, 3.05) is 13.7 Å². The smallest absolute Gasteiger partial charge is 0.210 e. The Balaban J connectivity index is 2.93. The average Bonchev–Trinajstić information content (AvgIpc) is 2.68. The number of hydrogen-bond acceptors (Lipinski definition) is 4. The van der Waals surface area contributed by atoms with Gasteiger partial charge in [-0.25, -0.2) is 0 Å². The molecule has 102 valence electrons. The van der Waals surface area contributed by atoms with E-state index in [0.717, 1.165) is 0 Å². The summed E-state index contributed by atoms with van der Waals surface area (Å²) in [5.41, 5.74) is 0.128. The number of ether oxygens (including phenoxy) is 2. The number of nitrogens with zero attached hydrogens (tertiary/aromatic N) is 2. The SMILES string of the molecule is COc1cnn(C(C)C)c1C(=O)COC(C)(C)C. The van der Waals surface area contributed by atoms with E-state index in [0.29, 0.717) is 11.4 Å². The fourth-order valence-electron chi connectivity index (χ4n) is 1.50. The van der Waals surface area contributed by atoms with Gasteiger partial charge in [0.1, 0.15) is 12.3 Å². The Kier molecular flexibility index (Phi) is 4.51. The van der Waals surface area contributed by atoms with Crippen molar-refractivity contribution in [2.24, 2.45) is 0 Å². The predicted octanol–water partition coefficient (Wildman–Crippen LogP) is 2.47. The first-order valence-corrected chi connectivity index (χ1v) is 6.05. The molecule has 0 unspecified atom stereocenters. The molecule has 0 bridgehead atoms. The summed E-state index contributed by atoms with van der Waals surface area (Å²) in [6, 6.07) is 0.0995. The molecule has 5 nitrogen and oxygen atoms in total. The van der Waals surface area contributed by atoms with E-state index >= 15 is 0 Å². The molecule has 0 amide bonds. The van der Waals surface area contributed by atoms with E-state index in [1.54, 1.807) is 10.9 Å². The third kappa shape index (κ3) is 3.57. The standard InChI is InChI=1S/C13H22N2O3/c1-9(2)15-12(11(17-6)7-14-15)10(16)8-18-13(3,4)5/h7,9H,8H2,1-6H3. The molecule has 1 aromatic heterocycles. The summed E-state index contributed by atoms with van der Waals surface area (Å²) < 4.78 is 12.3. The first-order valence-electron chi connectivity index (χ1n) is 6.05. The number of aromatic nitrogens is 2. The molecule has 1 heterocycles. The van der Waals surface area contributed by atoms with Crippen LogP contribution in [0.2, 0.25) is 0 Å². The average molecular weight is 254 g/mol. The number of hydrogen-bond donors (Lipinski definition) is 0. The molecular weight excluding hydrogens is 232 g/mol. The molecular formula is C13H22N2O3. The third-order valence-corrected chi connectivity index (χ3v) is 2.37. The summed E-state index contributed by atoms with van der Waals surface area (Å²) >= 11 is 0. The van der Waals surface area contributed by atoms with Crippen LogP contribution in [0.1, 0.15) is 51.1 Å². The van der Waals surface area contributed by atoms with Crippen LogP contribution in [0.15, 0.2) is 6.20 Å². The molecule has 0 saturated heterocycles. The maximum absolute atomic E-state index is 12.2. The number of methoxy groups -OCH3 is 1. The molecule has 0 atom stereocenters. The lowest BCUT2D eigenvalue weighted by atomic mass is 10.2. The molecule has 0 spiro atoms. The van der Waals surface area contributed by atoms with Gasteiger partial charge in [0.2, 0.25) is 5.78 Å². The van der Waals surface area contributed by atoms with Gasteiger partial charge in [-0.3, -0.25) is 9.48 Å². The Bertz CT molecular complexity index is 416. The van der Waals surface area contributed by atoms with Crippen LogP contribution in [-0.4, -0.2) is 34.9 Å². The van der Waals surface area contributed by atoms with Crippen LogP contribution in [0.5, 0.6) is 5.75 Å². The zero-order valence-corrected chi connectivity index (χ0v) is 12.0. The molecule has 0 N–H and O–H groups in total. The van der Waals surface area contributed by atoms with Crippen LogP contribution in [0.4, 0.5) is 0 Å². The summed E-state index contributed by atoms with van der Waals surface area (Å²) in [6.07, 6.45) is 1.56. The molecule has 1 rings (SSSR count). The van der Waals surface area contributed by atoms with Crippen molar-refractivity contribution in [3.05, 3.63) is 11.9 Å². The number of ketones is 1. The highest BCUT2D eigenvalue weighted by molar-refractivity contribution is 5.98. The lowest BCUT2D eigenvalue weighted by Gasteiger charge is -2.19. The zero-order valence-electron chi connectivity index (χ0n) is 12.0. The Labute approximate surface area is 108 Å². The Morgan fingerprint density at radius 1 is 1.44 bits per heavy atom. The molecule has 0 aromatic carbocycles. The van der Waals surface area contributed by atoms with E-state index in [4.69, 9.17) is 9.47 Å². The van der Waals surface area contributed by atoms with Crippen LogP contribution in [0.25, 0.3) is 0 Å². The second kappa shape index (κ2) is 5.52. The Hall–Kier alpha value is -1.36. The van der Waals surface area contributed by atoms with Crippen LogP contribution in [0, 0.1) is 0 Å². The van der Waals surface area contributed by atoms with Crippen molar-refractivity contribution in [1.82, 2.24) is 9.78 Å². The fourth-order valence-corrected chi connectivity index (χ4v) is 1.50. The molecule has 0 fully saturated rings. The van der Waals surface area contributed by atoms with E-state index in [2.05, 4.69) is 5.10 Å². The highest BCUT2D eigenvalue weighted by Gasteiger charge is 2.22. The lowest BCUT2D eigenvalue weighted by Crippen LogP contribution is -2.25. The molecule has 18 heavy (non-hydrogen) atoms. The van der Waals surface area contributed by atoms with Crippen LogP contribution >= 0.6 is 0 Å². The number of rotatable bonds is 5. The molecule has 0 aliphatic rings. The van der Waals surface area contributed by atoms with Crippen molar-refractivity contribution in [1.29, 1.82) is 0 Å². The van der Waals surface area contributed by atoms with Crippen molar-refractivity contribution in [3.8, 4) is 5.75 Å². The molecule has 0 radical (unpaired) electrons. The molecule has 5 heteroatoms. The minimum Gasteiger partial charge on any atom is -0.493 e. The second-order valence-corrected chi connectivity index (χ2v) is 5.42. The van der Waals surface area contributed by atoms with Gasteiger partial charge in [0.15, 0.2) is 5.75 Å². The summed E-state index contributed by atoms with van der Waals surface area (Å²) in [4.78, 5) is 12.2. The minimum atomic E-state index is -0.342. The van der Waals surface area contributed by atoms with Crippen LogP contribution in [-0.2, 0) is 4.74 Å².